The van der Waals surface area contributed by atoms with Crippen LogP contribution >= 0.6 is 0 Å². The third-order valence-corrected chi connectivity index (χ3v) is 7.46. The molecule has 1 aliphatic carbocycles. The highest BCUT2D eigenvalue weighted by Crippen LogP contribution is 2.52. The largest absolute Gasteiger partial charge is 0.385 e. The Bertz CT molecular complexity index is 1330. The number of likely N-dealkylation sites (tertiary alicyclic amines) is 1. The number of aliphatic hydroxyl groups excluding tert-OH is 1. The average Bonchev–Trinajstić information content (AvgIpc) is 3.52. The van der Waals surface area contributed by atoms with Crippen LogP contribution in [0.3, 0.4) is 0 Å². The van der Waals surface area contributed by atoms with Crippen molar-refractivity contribution in [2.24, 2.45) is 17.1 Å². The highest BCUT2D eigenvalue weighted by Gasteiger charge is 2.45. The number of nitrogens with two attached hydrogens (primary N) is 1. The van der Waals surface area contributed by atoms with Crippen molar-refractivity contribution in [1.82, 2.24) is 19.6 Å². The molecule has 2 fully saturated rings. The summed E-state index contributed by atoms with van der Waals surface area (Å²) < 4.78 is 7.39. The molecule has 1 spiro atoms. The van der Waals surface area contributed by atoms with Crippen molar-refractivity contribution in [3.8, 4) is 23.2 Å². The highest BCUT2D eigenvalue weighted by molar-refractivity contribution is 5.96. The van der Waals surface area contributed by atoms with Crippen molar-refractivity contribution in [3.05, 3.63) is 59.8 Å². The van der Waals surface area contributed by atoms with Gasteiger partial charge in [0.1, 0.15) is 24.0 Å². The van der Waals surface area contributed by atoms with E-state index in [0.29, 0.717) is 37.1 Å². The standard InChI is InChI=1S/C28H31N5O4/c1-19(34)27-30-10-13-33(27)18-23-14-24(37-31-23)22-6-4-20(5-7-22)2-3-21-16-28(17-21)8-11-32(12-9-28)26(36)15-25(29)35/h4-7,10,13-14,19,21,34H,8-9,11-12,15-18H2,1H3,(H2,29,35)/t19-/m0/s1. The second kappa shape index (κ2) is 10.2. The van der Waals surface area contributed by atoms with E-state index in [1.807, 2.05) is 41.1 Å². The first-order chi connectivity index (χ1) is 17.8. The number of amides is 2. The van der Waals surface area contributed by atoms with Crippen molar-refractivity contribution in [2.45, 2.75) is 51.7 Å². The topological polar surface area (TPSA) is 127 Å². The van der Waals surface area contributed by atoms with E-state index in [1.165, 1.54) is 0 Å². The number of aliphatic hydroxyl groups is 1. The minimum absolute atomic E-state index is 0.160. The lowest BCUT2D eigenvalue weighted by Crippen LogP contribution is -2.49. The zero-order chi connectivity index (χ0) is 26.0. The Kier molecular flexibility index (Phi) is 6.85. The van der Waals surface area contributed by atoms with Crippen LogP contribution in [0.1, 0.15) is 62.2 Å². The lowest BCUT2D eigenvalue weighted by molar-refractivity contribution is -0.138. The molecule has 0 radical (unpaired) electrons. The molecule has 2 aromatic heterocycles. The second-order valence-electron chi connectivity index (χ2n) is 10.2. The number of hydrogen-bond acceptors (Lipinski definition) is 6. The Morgan fingerprint density at radius 1 is 1.24 bits per heavy atom. The van der Waals surface area contributed by atoms with E-state index in [4.69, 9.17) is 10.3 Å². The molecule has 1 aromatic carbocycles. The monoisotopic (exact) mass is 501 g/mol. The molecule has 2 aliphatic rings. The van der Waals surface area contributed by atoms with Crippen LogP contribution in [0.15, 0.2) is 47.2 Å². The minimum atomic E-state index is -0.654. The van der Waals surface area contributed by atoms with Crippen LogP contribution in [0, 0.1) is 23.2 Å². The molecule has 9 nitrogen and oxygen atoms in total. The van der Waals surface area contributed by atoms with Gasteiger partial charge in [-0.25, -0.2) is 4.98 Å². The summed E-state index contributed by atoms with van der Waals surface area (Å²) in [5.41, 5.74) is 8.05. The molecule has 5 rings (SSSR count). The third kappa shape index (κ3) is 5.59. The molecule has 0 unspecified atom stereocenters. The number of nitrogens with zero attached hydrogens (tertiary/aromatic N) is 4. The fraction of sp³-hybridized carbons (Fsp3) is 0.429. The van der Waals surface area contributed by atoms with Crippen LogP contribution in [-0.4, -0.2) is 49.6 Å². The van der Waals surface area contributed by atoms with E-state index < -0.39 is 12.0 Å². The van der Waals surface area contributed by atoms with Crippen molar-refractivity contribution < 1.29 is 19.2 Å². The fourth-order valence-electron chi connectivity index (χ4n) is 5.41. The molecule has 37 heavy (non-hydrogen) atoms. The van der Waals surface area contributed by atoms with Gasteiger partial charge in [0.2, 0.25) is 11.8 Å². The van der Waals surface area contributed by atoms with Gasteiger partial charge in [0.25, 0.3) is 0 Å². The van der Waals surface area contributed by atoms with Gasteiger partial charge < -0.3 is 24.8 Å². The summed E-state index contributed by atoms with van der Waals surface area (Å²) in [6.07, 6.45) is 6.66. The lowest BCUT2D eigenvalue weighted by atomic mass is 9.58. The minimum Gasteiger partial charge on any atom is -0.385 e. The quantitative estimate of drug-likeness (QED) is 0.395. The van der Waals surface area contributed by atoms with E-state index in [-0.39, 0.29) is 17.7 Å². The zero-order valence-electron chi connectivity index (χ0n) is 20.9. The molecule has 3 heterocycles. The molecular formula is C28H31N5O4. The van der Waals surface area contributed by atoms with Gasteiger partial charge in [0.15, 0.2) is 5.76 Å². The maximum Gasteiger partial charge on any atom is 0.231 e. The first-order valence-electron chi connectivity index (χ1n) is 12.6. The Hall–Kier alpha value is -3.90. The molecule has 9 heteroatoms. The summed E-state index contributed by atoms with van der Waals surface area (Å²) in [6, 6.07) is 9.83. The molecule has 0 bridgehead atoms. The molecular weight excluding hydrogens is 470 g/mol. The first kappa shape index (κ1) is 24.8. The number of rotatable bonds is 6. The van der Waals surface area contributed by atoms with Gasteiger partial charge in [-0.2, -0.15) is 0 Å². The Morgan fingerprint density at radius 3 is 2.65 bits per heavy atom. The SMILES string of the molecule is C[C@H](O)c1nccn1Cc1cc(-c2ccc(C#CC3CC4(CCN(C(=O)CC(N)=O)CC4)C3)cc2)on1. The van der Waals surface area contributed by atoms with E-state index in [1.54, 1.807) is 18.0 Å². The summed E-state index contributed by atoms with van der Waals surface area (Å²) in [4.78, 5) is 29.0. The molecule has 2 amide bonds. The van der Waals surface area contributed by atoms with Gasteiger partial charge >= 0.3 is 0 Å². The molecule has 192 valence electrons. The van der Waals surface area contributed by atoms with Gasteiger partial charge in [-0.1, -0.05) is 17.0 Å². The predicted octanol–water partition coefficient (Wildman–Crippen LogP) is 2.89. The third-order valence-electron chi connectivity index (χ3n) is 7.46. The fourth-order valence-corrected chi connectivity index (χ4v) is 5.41. The smallest absolute Gasteiger partial charge is 0.231 e. The lowest BCUT2D eigenvalue weighted by Gasteiger charge is -2.50. The maximum absolute atomic E-state index is 12.0. The van der Waals surface area contributed by atoms with Gasteiger partial charge in [0.05, 0.1) is 6.54 Å². The number of benzene rings is 1. The highest BCUT2D eigenvalue weighted by atomic mass is 16.5. The molecule has 3 aromatic rings. The molecule has 1 atom stereocenters. The van der Waals surface area contributed by atoms with Crippen LogP contribution in [0.5, 0.6) is 0 Å². The van der Waals surface area contributed by atoms with E-state index in [2.05, 4.69) is 22.0 Å². The number of imidazole rings is 1. The number of aromatic nitrogens is 3. The average molecular weight is 502 g/mol. The van der Waals surface area contributed by atoms with Crippen LogP contribution < -0.4 is 5.73 Å². The van der Waals surface area contributed by atoms with Gasteiger partial charge in [0, 0.05) is 48.6 Å². The summed E-state index contributed by atoms with van der Waals surface area (Å²) >= 11 is 0. The Morgan fingerprint density at radius 2 is 1.97 bits per heavy atom. The Labute approximate surface area is 215 Å². The van der Waals surface area contributed by atoms with Crippen molar-refractivity contribution in [1.29, 1.82) is 0 Å². The van der Waals surface area contributed by atoms with Gasteiger partial charge in [-0.3, -0.25) is 9.59 Å². The first-order valence-corrected chi connectivity index (χ1v) is 12.6. The van der Waals surface area contributed by atoms with Crippen LogP contribution in [0.4, 0.5) is 0 Å². The number of primary amides is 1. The summed E-state index contributed by atoms with van der Waals surface area (Å²) in [6.45, 7) is 3.54. The molecule has 3 N–H and O–H groups in total. The number of carbonyl (C=O) groups excluding carboxylic acids is 2. The van der Waals surface area contributed by atoms with E-state index in [0.717, 1.165) is 42.5 Å². The summed E-state index contributed by atoms with van der Waals surface area (Å²) in [5, 5.41) is 14.0. The predicted molar refractivity (Wildman–Crippen MR) is 136 cm³/mol. The van der Waals surface area contributed by atoms with Crippen LogP contribution in [-0.2, 0) is 16.1 Å². The van der Waals surface area contributed by atoms with Crippen molar-refractivity contribution >= 4 is 11.8 Å². The normalized spacial score (nSPS) is 17.6. The Balaban J connectivity index is 1.13. The second-order valence-corrected chi connectivity index (χ2v) is 10.2. The van der Waals surface area contributed by atoms with Crippen LogP contribution in [0.25, 0.3) is 11.3 Å². The number of piperidine rings is 1. The zero-order valence-corrected chi connectivity index (χ0v) is 20.9. The number of carbonyl (C=O) groups is 2. The van der Waals surface area contributed by atoms with E-state index >= 15 is 0 Å². The van der Waals surface area contributed by atoms with E-state index in [9.17, 15) is 14.7 Å². The number of hydrogen-bond donors (Lipinski definition) is 2. The summed E-state index contributed by atoms with van der Waals surface area (Å²) in [7, 11) is 0. The van der Waals surface area contributed by atoms with Crippen molar-refractivity contribution in [2.75, 3.05) is 13.1 Å². The van der Waals surface area contributed by atoms with Crippen LogP contribution in [0.2, 0.25) is 0 Å². The van der Waals surface area contributed by atoms with Gasteiger partial charge in [-0.15, -0.1) is 0 Å². The molecule has 1 saturated carbocycles. The maximum atomic E-state index is 12.0. The molecule has 1 saturated heterocycles. The van der Waals surface area contributed by atoms with Crippen molar-refractivity contribution in [3.63, 3.8) is 0 Å². The van der Waals surface area contributed by atoms with Gasteiger partial charge in [-0.05, 0) is 62.3 Å². The molecule has 1 aliphatic heterocycles. The summed E-state index contributed by atoms with van der Waals surface area (Å²) in [5.74, 6) is 7.62.